The van der Waals surface area contributed by atoms with Crippen molar-refractivity contribution in [3.05, 3.63) is 18.2 Å². The van der Waals surface area contributed by atoms with Crippen LogP contribution in [0.15, 0.2) is 18.2 Å². The van der Waals surface area contributed by atoms with Gasteiger partial charge in [0.2, 0.25) is 5.95 Å². The SMILES string of the molecule is CNc1nnc(-c2ccc(N)cc2O)n1C. The monoisotopic (exact) mass is 219 g/mol. The van der Waals surface area contributed by atoms with Gasteiger partial charge in [0, 0.05) is 25.8 Å². The third-order valence-corrected chi connectivity index (χ3v) is 2.36. The number of nitrogens with one attached hydrogen (secondary N) is 1. The molecular weight excluding hydrogens is 206 g/mol. The molecule has 1 aromatic carbocycles. The molecule has 0 aliphatic carbocycles. The van der Waals surface area contributed by atoms with E-state index < -0.39 is 0 Å². The van der Waals surface area contributed by atoms with Gasteiger partial charge < -0.3 is 16.2 Å². The fourth-order valence-corrected chi connectivity index (χ4v) is 1.52. The van der Waals surface area contributed by atoms with Crippen molar-refractivity contribution in [1.82, 2.24) is 14.8 Å². The molecule has 0 radical (unpaired) electrons. The van der Waals surface area contributed by atoms with Gasteiger partial charge in [-0.3, -0.25) is 4.57 Å². The van der Waals surface area contributed by atoms with Gasteiger partial charge in [-0.05, 0) is 12.1 Å². The van der Waals surface area contributed by atoms with Crippen LogP contribution >= 0.6 is 0 Å². The lowest BCUT2D eigenvalue weighted by atomic mass is 10.1. The maximum Gasteiger partial charge on any atom is 0.224 e. The first-order valence-corrected chi connectivity index (χ1v) is 4.79. The van der Waals surface area contributed by atoms with Crippen LogP contribution < -0.4 is 11.1 Å². The van der Waals surface area contributed by atoms with Gasteiger partial charge in [0.25, 0.3) is 0 Å². The number of aromatic hydroxyl groups is 1. The number of phenolic OH excluding ortho intramolecular Hbond substituents is 1. The molecule has 0 saturated carbocycles. The van der Waals surface area contributed by atoms with E-state index >= 15 is 0 Å². The van der Waals surface area contributed by atoms with Gasteiger partial charge in [-0.15, -0.1) is 10.2 Å². The zero-order chi connectivity index (χ0) is 11.7. The maximum atomic E-state index is 9.77. The fraction of sp³-hybridized carbons (Fsp3) is 0.200. The van der Waals surface area contributed by atoms with Crippen LogP contribution in [-0.2, 0) is 7.05 Å². The molecule has 0 bridgehead atoms. The molecular formula is C10H13N5O. The lowest BCUT2D eigenvalue weighted by Crippen LogP contribution is -1.99. The molecule has 1 aromatic heterocycles. The molecule has 0 aliphatic rings. The average Bonchev–Trinajstić information content (AvgIpc) is 2.60. The number of hydrogen-bond donors (Lipinski definition) is 3. The van der Waals surface area contributed by atoms with Crippen LogP contribution in [0.1, 0.15) is 0 Å². The number of hydrogen-bond acceptors (Lipinski definition) is 5. The first kappa shape index (κ1) is 10.3. The number of nitrogens with two attached hydrogens (primary N) is 1. The van der Waals surface area contributed by atoms with E-state index in [-0.39, 0.29) is 5.75 Å². The number of benzene rings is 1. The van der Waals surface area contributed by atoms with Crippen molar-refractivity contribution in [1.29, 1.82) is 0 Å². The molecule has 6 heteroatoms. The summed E-state index contributed by atoms with van der Waals surface area (Å²) in [4.78, 5) is 0. The zero-order valence-electron chi connectivity index (χ0n) is 9.10. The Morgan fingerprint density at radius 2 is 2.12 bits per heavy atom. The summed E-state index contributed by atoms with van der Waals surface area (Å²) in [5.41, 5.74) is 6.67. The topological polar surface area (TPSA) is 89.0 Å². The maximum absolute atomic E-state index is 9.77. The first-order valence-electron chi connectivity index (χ1n) is 4.79. The summed E-state index contributed by atoms with van der Waals surface area (Å²) in [6.07, 6.45) is 0. The minimum absolute atomic E-state index is 0.0955. The van der Waals surface area contributed by atoms with Crippen LogP contribution in [0.3, 0.4) is 0 Å². The van der Waals surface area contributed by atoms with E-state index in [1.165, 1.54) is 6.07 Å². The highest BCUT2D eigenvalue weighted by Gasteiger charge is 2.13. The number of rotatable bonds is 2. The van der Waals surface area contributed by atoms with Crippen molar-refractivity contribution in [2.75, 3.05) is 18.1 Å². The predicted octanol–water partition coefficient (Wildman–Crippen LogP) is 0.812. The quantitative estimate of drug-likeness (QED) is 0.650. The second kappa shape index (κ2) is 3.73. The molecule has 0 saturated heterocycles. The standard InChI is InChI=1S/C10H13N5O/c1-12-10-14-13-9(15(10)2)7-4-3-6(11)5-8(7)16/h3-5,16H,11H2,1-2H3,(H,12,14). The van der Waals surface area contributed by atoms with E-state index in [1.807, 2.05) is 7.05 Å². The Balaban J connectivity index is 2.54. The van der Waals surface area contributed by atoms with E-state index in [2.05, 4.69) is 15.5 Å². The number of phenols is 1. The van der Waals surface area contributed by atoms with Gasteiger partial charge in [0.15, 0.2) is 5.82 Å². The summed E-state index contributed by atoms with van der Waals surface area (Å²) < 4.78 is 1.76. The highest BCUT2D eigenvalue weighted by molar-refractivity contribution is 5.68. The molecule has 0 aliphatic heterocycles. The second-order valence-corrected chi connectivity index (χ2v) is 3.43. The van der Waals surface area contributed by atoms with Gasteiger partial charge in [-0.25, -0.2) is 0 Å². The molecule has 6 nitrogen and oxygen atoms in total. The smallest absolute Gasteiger partial charge is 0.224 e. The Morgan fingerprint density at radius 1 is 1.38 bits per heavy atom. The number of nitrogens with zero attached hydrogens (tertiary/aromatic N) is 3. The second-order valence-electron chi connectivity index (χ2n) is 3.43. The Bertz CT molecular complexity index is 520. The summed E-state index contributed by atoms with van der Waals surface area (Å²) in [5, 5.41) is 20.6. The minimum Gasteiger partial charge on any atom is -0.507 e. The molecule has 2 rings (SSSR count). The number of aromatic nitrogens is 3. The van der Waals surface area contributed by atoms with E-state index in [0.717, 1.165) is 0 Å². The molecule has 84 valence electrons. The third-order valence-electron chi connectivity index (χ3n) is 2.36. The largest absolute Gasteiger partial charge is 0.507 e. The van der Waals surface area contributed by atoms with Crippen molar-refractivity contribution in [3.63, 3.8) is 0 Å². The molecule has 0 amide bonds. The van der Waals surface area contributed by atoms with Crippen LogP contribution in [0, 0.1) is 0 Å². The molecule has 4 N–H and O–H groups in total. The number of anilines is 2. The molecule has 0 spiro atoms. The molecule has 16 heavy (non-hydrogen) atoms. The lowest BCUT2D eigenvalue weighted by Gasteiger charge is -2.05. The first-order chi connectivity index (χ1) is 7.63. The van der Waals surface area contributed by atoms with E-state index in [4.69, 9.17) is 5.73 Å². The van der Waals surface area contributed by atoms with Gasteiger partial charge in [0.1, 0.15) is 5.75 Å². The minimum atomic E-state index is 0.0955. The van der Waals surface area contributed by atoms with Crippen molar-refractivity contribution in [3.8, 4) is 17.1 Å². The van der Waals surface area contributed by atoms with Gasteiger partial charge in [-0.2, -0.15) is 0 Å². The molecule has 0 atom stereocenters. The Labute approximate surface area is 92.7 Å². The van der Waals surface area contributed by atoms with Gasteiger partial charge in [0.05, 0.1) is 5.56 Å². The van der Waals surface area contributed by atoms with Crippen molar-refractivity contribution >= 4 is 11.6 Å². The normalized spacial score (nSPS) is 10.4. The van der Waals surface area contributed by atoms with Crippen LogP contribution in [0.2, 0.25) is 0 Å². The molecule has 0 unspecified atom stereocenters. The molecule has 2 aromatic rings. The summed E-state index contributed by atoms with van der Waals surface area (Å²) in [6, 6.07) is 4.92. The van der Waals surface area contributed by atoms with E-state index in [9.17, 15) is 5.11 Å². The summed E-state index contributed by atoms with van der Waals surface area (Å²) >= 11 is 0. The average molecular weight is 219 g/mol. The zero-order valence-corrected chi connectivity index (χ0v) is 9.10. The van der Waals surface area contributed by atoms with Crippen molar-refractivity contribution < 1.29 is 5.11 Å². The van der Waals surface area contributed by atoms with E-state index in [0.29, 0.717) is 23.0 Å². The number of nitrogen functional groups attached to an aromatic ring is 1. The fourth-order valence-electron chi connectivity index (χ4n) is 1.52. The Kier molecular flexibility index (Phi) is 2.40. The highest BCUT2D eigenvalue weighted by atomic mass is 16.3. The Morgan fingerprint density at radius 3 is 2.69 bits per heavy atom. The molecule has 0 fully saturated rings. The Hall–Kier alpha value is -2.24. The van der Waals surface area contributed by atoms with Crippen LogP contribution in [0.5, 0.6) is 5.75 Å². The van der Waals surface area contributed by atoms with Crippen LogP contribution in [0.4, 0.5) is 11.6 Å². The molecule has 1 heterocycles. The summed E-state index contributed by atoms with van der Waals surface area (Å²) in [6.45, 7) is 0. The van der Waals surface area contributed by atoms with Gasteiger partial charge >= 0.3 is 0 Å². The van der Waals surface area contributed by atoms with Crippen LogP contribution in [-0.4, -0.2) is 26.9 Å². The lowest BCUT2D eigenvalue weighted by molar-refractivity contribution is 0.477. The van der Waals surface area contributed by atoms with Crippen molar-refractivity contribution in [2.24, 2.45) is 7.05 Å². The van der Waals surface area contributed by atoms with Gasteiger partial charge in [-0.1, -0.05) is 0 Å². The van der Waals surface area contributed by atoms with Crippen LogP contribution in [0.25, 0.3) is 11.4 Å². The van der Waals surface area contributed by atoms with E-state index in [1.54, 1.807) is 23.7 Å². The van der Waals surface area contributed by atoms with Crippen molar-refractivity contribution in [2.45, 2.75) is 0 Å². The highest BCUT2D eigenvalue weighted by Crippen LogP contribution is 2.29. The third kappa shape index (κ3) is 1.54. The summed E-state index contributed by atoms with van der Waals surface area (Å²) in [5.74, 6) is 1.31. The summed E-state index contributed by atoms with van der Waals surface area (Å²) in [7, 11) is 3.58. The predicted molar refractivity (Wildman–Crippen MR) is 62.1 cm³/mol.